The molecule has 0 aliphatic carbocycles. The zero-order chi connectivity index (χ0) is 15.9. The van der Waals surface area contributed by atoms with Crippen molar-refractivity contribution in [1.82, 2.24) is 20.0 Å². The van der Waals surface area contributed by atoms with Crippen molar-refractivity contribution in [3.05, 3.63) is 17.8 Å². The van der Waals surface area contributed by atoms with E-state index in [2.05, 4.69) is 41.4 Å². The molecule has 6 nitrogen and oxygen atoms in total. The normalized spacial score (nSPS) is 16.1. The monoisotopic (exact) mass is 305 g/mol. The van der Waals surface area contributed by atoms with Gasteiger partial charge in [-0.15, -0.1) is 10.2 Å². The van der Waals surface area contributed by atoms with Gasteiger partial charge in [-0.25, -0.2) is 0 Å². The number of likely N-dealkylation sites (tertiary alicyclic amines) is 1. The highest BCUT2D eigenvalue weighted by Crippen LogP contribution is 2.17. The Morgan fingerprint density at radius 3 is 2.64 bits per heavy atom. The van der Waals surface area contributed by atoms with Crippen LogP contribution in [-0.4, -0.2) is 66.2 Å². The third kappa shape index (κ3) is 4.94. The van der Waals surface area contributed by atoms with E-state index in [-0.39, 0.29) is 5.91 Å². The van der Waals surface area contributed by atoms with E-state index in [0.717, 1.165) is 51.3 Å². The lowest BCUT2D eigenvalue weighted by atomic mass is 9.99. The number of nitrogens with one attached hydrogen (secondary N) is 1. The van der Waals surface area contributed by atoms with Crippen LogP contribution in [-0.2, 0) is 0 Å². The molecule has 1 aliphatic rings. The van der Waals surface area contributed by atoms with Gasteiger partial charge in [0, 0.05) is 19.6 Å². The second-order valence-electron chi connectivity index (χ2n) is 6.36. The highest BCUT2D eigenvalue weighted by molar-refractivity contribution is 5.92. The van der Waals surface area contributed by atoms with Crippen molar-refractivity contribution in [3.8, 4) is 0 Å². The molecule has 2 heterocycles. The fourth-order valence-corrected chi connectivity index (χ4v) is 2.53. The fraction of sp³-hybridized carbons (Fsp3) is 0.688. The van der Waals surface area contributed by atoms with Crippen molar-refractivity contribution in [2.75, 3.05) is 45.6 Å². The maximum Gasteiger partial charge on any atom is 0.274 e. The summed E-state index contributed by atoms with van der Waals surface area (Å²) in [5, 5.41) is 11.4. The van der Waals surface area contributed by atoms with Crippen LogP contribution in [0.3, 0.4) is 0 Å². The zero-order valence-corrected chi connectivity index (χ0v) is 13.9. The molecule has 0 unspecified atom stereocenters. The van der Waals surface area contributed by atoms with Crippen LogP contribution in [0, 0.1) is 5.92 Å². The van der Waals surface area contributed by atoms with Gasteiger partial charge >= 0.3 is 0 Å². The third-order valence-corrected chi connectivity index (χ3v) is 4.04. The van der Waals surface area contributed by atoms with Gasteiger partial charge in [-0.05, 0) is 58.0 Å². The van der Waals surface area contributed by atoms with Crippen LogP contribution < -0.4 is 5.32 Å². The van der Waals surface area contributed by atoms with Crippen molar-refractivity contribution in [1.29, 1.82) is 0 Å². The fourth-order valence-electron chi connectivity index (χ4n) is 2.53. The SMILES string of the molecule is CC1CCN(C(=O)c2ccc(NCCCN(C)C)nn2)CC1. The third-order valence-electron chi connectivity index (χ3n) is 4.04. The van der Waals surface area contributed by atoms with Crippen molar-refractivity contribution in [2.24, 2.45) is 5.92 Å². The first kappa shape index (κ1) is 16.7. The maximum atomic E-state index is 12.4. The van der Waals surface area contributed by atoms with E-state index in [9.17, 15) is 4.79 Å². The Morgan fingerprint density at radius 1 is 1.32 bits per heavy atom. The van der Waals surface area contributed by atoms with E-state index in [1.807, 2.05) is 11.0 Å². The first-order valence-corrected chi connectivity index (χ1v) is 8.08. The largest absolute Gasteiger partial charge is 0.369 e. The first-order chi connectivity index (χ1) is 10.6. The Balaban J connectivity index is 1.82. The van der Waals surface area contributed by atoms with Crippen LogP contribution in [0.4, 0.5) is 5.82 Å². The van der Waals surface area contributed by atoms with Crippen molar-refractivity contribution >= 4 is 11.7 Å². The number of nitrogens with zero attached hydrogens (tertiary/aromatic N) is 4. The van der Waals surface area contributed by atoms with Gasteiger partial charge in [0.1, 0.15) is 5.82 Å². The molecule has 22 heavy (non-hydrogen) atoms. The minimum Gasteiger partial charge on any atom is -0.369 e. The summed E-state index contributed by atoms with van der Waals surface area (Å²) < 4.78 is 0. The molecule has 0 saturated carbocycles. The topological polar surface area (TPSA) is 61.4 Å². The van der Waals surface area contributed by atoms with E-state index in [1.165, 1.54) is 0 Å². The van der Waals surface area contributed by atoms with Crippen LogP contribution >= 0.6 is 0 Å². The van der Waals surface area contributed by atoms with Crippen LogP contribution in [0.2, 0.25) is 0 Å². The molecule has 0 radical (unpaired) electrons. The number of hydrogen-bond donors (Lipinski definition) is 1. The van der Waals surface area contributed by atoms with Crippen molar-refractivity contribution in [2.45, 2.75) is 26.2 Å². The average molecular weight is 305 g/mol. The molecule has 1 aromatic rings. The van der Waals surface area contributed by atoms with Crippen LogP contribution in [0.25, 0.3) is 0 Å². The van der Waals surface area contributed by atoms with E-state index < -0.39 is 0 Å². The smallest absolute Gasteiger partial charge is 0.274 e. The van der Waals surface area contributed by atoms with E-state index in [0.29, 0.717) is 11.6 Å². The lowest BCUT2D eigenvalue weighted by Crippen LogP contribution is -2.38. The molecule has 6 heteroatoms. The van der Waals surface area contributed by atoms with Gasteiger partial charge in [0.05, 0.1) is 0 Å². The lowest BCUT2D eigenvalue weighted by Gasteiger charge is -2.29. The number of hydrogen-bond acceptors (Lipinski definition) is 5. The average Bonchev–Trinajstić information content (AvgIpc) is 2.52. The summed E-state index contributed by atoms with van der Waals surface area (Å²) >= 11 is 0. The number of aromatic nitrogens is 2. The van der Waals surface area contributed by atoms with Gasteiger partial charge in [0.15, 0.2) is 5.69 Å². The summed E-state index contributed by atoms with van der Waals surface area (Å²) in [5.74, 6) is 1.44. The Morgan fingerprint density at radius 2 is 2.05 bits per heavy atom. The summed E-state index contributed by atoms with van der Waals surface area (Å²) in [7, 11) is 4.11. The van der Waals surface area contributed by atoms with Crippen LogP contribution in [0.15, 0.2) is 12.1 Å². The lowest BCUT2D eigenvalue weighted by molar-refractivity contribution is 0.0690. The van der Waals surface area contributed by atoms with Crippen molar-refractivity contribution in [3.63, 3.8) is 0 Å². The molecule has 1 N–H and O–H groups in total. The van der Waals surface area contributed by atoms with Gasteiger partial charge in [-0.3, -0.25) is 4.79 Å². The molecule has 122 valence electrons. The molecule has 1 fully saturated rings. The molecule has 0 bridgehead atoms. The van der Waals surface area contributed by atoms with E-state index >= 15 is 0 Å². The number of anilines is 1. The summed E-state index contributed by atoms with van der Waals surface area (Å²) in [6, 6.07) is 3.60. The minimum atomic E-state index is -0.00134. The standard InChI is InChI=1S/C16H27N5O/c1-13-7-11-21(12-8-13)16(22)14-5-6-15(19-18-14)17-9-4-10-20(2)3/h5-6,13H,4,7-12H2,1-3H3,(H,17,19). The van der Waals surface area contributed by atoms with Gasteiger partial charge in [0.2, 0.25) is 0 Å². The highest BCUT2D eigenvalue weighted by Gasteiger charge is 2.22. The Labute approximate surface area is 132 Å². The quantitative estimate of drug-likeness (QED) is 0.811. The summed E-state index contributed by atoms with van der Waals surface area (Å²) in [5.41, 5.74) is 0.438. The highest BCUT2D eigenvalue weighted by atomic mass is 16.2. The molecule has 1 aliphatic heterocycles. The summed E-state index contributed by atoms with van der Waals surface area (Å²) in [6.45, 7) is 5.77. The Kier molecular flexibility index (Phi) is 6.12. The molecule has 0 spiro atoms. The van der Waals surface area contributed by atoms with Crippen molar-refractivity contribution < 1.29 is 4.79 Å². The molecule has 2 rings (SSSR count). The Hall–Kier alpha value is -1.69. The predicted molar refractivity (Wildman–Crippen MR) is 88.0 cm³/mol. The van der Waals surface area contributed by atoms with Gasteiger partial charge < -0.3 is 15.1 Å². The Bertz CT molecular complexity index is 466. The second kappa shape index (κ2) is 8.08. The molecule has 1 aromatic heterocycles. The number of carbonyl (C=O) groups excluding carboxylic acids is 1. The summed E-state index contributed by atoms with van der Waals surface area (Å²) in [4.78, 5) is 16.4. The first-order valence-electron chi connectivity index (χ1n) is 8.08. The number of amides is 1. The number of piperidine rings is 1. The van der Waals surface area contributed by atoms with Gasteiger partial charge in [-0.2, -0.15) is 0 Å². The maximum absolute atomic E-state index is 12.4. The zero-order valence-electron chi connectivity index (χ0n) is 13.9. The second-order valence-corrected chi connectivity index (χ2v) is 6.36. The van der Waals surface area contributed by atoms with Crippen LogP contribution in [0.1, 0.15) is 36.7 Å². The molecular formula is C16H27N5O. The van der Waals surface area contributed by atoms with Crippen LogP contribution in [0.5, 0.6) is 0 Å². The minimum absolute atomic E-state index is 0.00134. The van der Waals surface area contributed by atoms with Gasteiger partial charge in [-0.1, -0.05) is 6.92 Å². The number of rotatable bonds is 6. The molecule has 0 aromatic carbocycles. The van der Waals surface area contributed by atoms with E-state index in [4.69, 9.17) is 0 Å². The molecule has 0 atom stereocenters. The number of carbonyl (C=O) groups is 1. The molecular weight excluding hydrogens is 278 g/mol. The summed E-state index contributed by atoms with van der Waals surface area (Å²) in [6.07, 6.45) is 3.19. The van der Waals surface area contributed by atoms with Gasteiger partial charge in [0.25, 0.3) is 5.91 Å². The van der Waals surface area contributed by atoms with E-state index in [1.54, 1.807) is 6.07 Å². The molecule has 1 amide bonds. The molecule has 1 saturated heterocycles. The predicted octanol–water partition coefficient (Wildman–Crippen LogP) is 1.71.